The van der Waals surface area contributed by atoms with Crippen molar-refractivity contribution >= 4 is 22.8 Å². The van der Waals surface area contributed by atoms with Crippen molar-refractivity contribution in [3.8, 4) is 0 Å². The normalized spacial score (nSPS) is 28.3. The second kappa shape index (κ2) is 6.16. The zero-order chi connectivity index (χ0) is 19.5. The summed E-state index contributed by atoms with van der Waals surface area (Å²) < 4.78 is 0. The fraction of sp³-hybridized carbons (Fsp3) is 0.609. The van der Waals surface area contributed by atoms with E-state index in [0.717, 1.165) is 29.6 Å². The van der Waals surface area contributed by atoms with Crippen LogP contribution in [0.1, 0.15) is 83.0 Å². The predicted octanol–water partition coefficient (Wildman–Crippen LogP) is 5.26. The lowest BCUT2D eigenvalue weighted by atomic mass is 9.70. The SMILES string of the molecule is CC12CCC(c3nc4cc(NC(=O)NC5CCCCC5)ccc4nc31)C2(C)C. The van der Waals surface area contributed by atoms with E-state index in [2.05, 4.69) is 31.4 Å². The highest BCUT2D eigenvalue weighted by Gasteiger charge is 2.61. The van der Waals surface area contributed by atoms with Crippen LogP contribution < -0.4 is 10.6 Å². The van der Waals surface area contributed by atoms with Crippen LogP contribution in [0.4, 0.5) is 10.5 Å². The van der Waals surface area contributed by atoms with E-state index in [1.807, 2.05) is 18.2 Å². The molecule has 0 aliphatic heterocycles. The van der Waals surface area contributed by atoms with Gasteiger partial charge >= 0.3 is 6.03 Å². The molecule has 3 aliphatic carbocycles. The van der Waals surface area contributed by atoms with Crippen molar-refractivity contribution in [1.82, 2.24) is 15.3 Å². The van der Waals surface area contributed by atoms with Crippen molar-refractivity contribution in [1.29, 1.82) is 0 Å². The highest BCUT2D eigenvalue weighted by Crippen LogP contribution is 2.66. The molecule has 2 unspecified atom stereocenters. The largest absolute Gasteiger partial charge is 0.335 e. The number of hydrogen-bond donors (Lipinski definition) is 2. The number of anilines is 1. The lowest BCUT2D eigenvalue weighted by molar-refractivity contribution is 0.227. The summed E-state index contributed by atoms with van der Waals surface area (Å²) in [5.74, 6) is 0.482. The van der Waals surface area contributed by atoms with Crippen molar-refractivity contribution in [2.24, 2.45) is 5.41 Å². The molecule has 3 aliphatic rings. The maximum absolute atomic E-state index is 12.4. The third-order valence-electron chi connectivity index (χ3n) is 7.97. The van der Waals surface area contributed by atoms with Gasteiger partial charge in [0.1, 0.15) is 0 Å². The number of aromatic nitrogens is 2. The summed E-state index contributed by atoms with van der Waals surface area (Å²) in [6.45, 7) is 7.08. The quantitative estimate of drug-likeness (QED) is 0.749. The summed E-state index contributed by atoms with van der Waals surface area (Å²) in [4.78, 5) is 22.4. The van der Waals surface area contributed by atoms with Gasteiger partial charge in [-0.05, 0) is 49.3 Å². The third kappa shape index (κ3) is 2.55. The molecule has 2 saturated carbocycles. The molecule has 148 valence electrons. The van der Waals surface area contributed by atoms with Gasteiger partial charge < -0.3 is 10.6 Å². The summed E-state index contributed by atoms with van der Waals surface area (Å²) in [7, 11) is 0. The summed E-state index contributed by atoms with van der Waals surface area (Å²) in [6.07, 6.45) is 8.25. The second-order valence-corrected chi connectivity index (χ2v) is 9.74. The van der Waals surface area contributed by atoms with Crippen molar-refractivity contribution < 1.29 is 4.79 Å². The van der Waals surface area contributed by atoms with E-state index in [9.17, 15) is 4.79 Å². The Morgan fingerprint density at radius 2 is 1.82 bits per heavy atom. The van der Waals surface area contributed by atoms with Crippen LogP contribution in [-0.4, -0.2) is 22.0 Å². The van der Waals surface area contributed by atoms with Gasteiger partial charge in [0.15, 0.2) is 0 Å². The van der Waals surface area contributed by atoms with E-state index in [1.54, 1.807) is 0 Å². The molecule has 2 atom stereocenters. The first-order valence-electron chi connectivity index (χ1n) is 10.8. The van der Waals surface area contributed by atoms with E-state index < -0.39 is 0 Å². The first-order valence-corrected chi connectivity index (χ1v) is 10.8. The van der Waals surface area contributed by atoms with Crippen molar-refractivity contribution in [3.63, 3.8) is 0 Å². The molecule has 28 heavy (non-hydrogen) atoms. The van der Waals surface area contributed by atoms with Crippen molar-refractivity contribution in [3.05, 3.63) is 29.6 Å². The number of amides is 2. The Balaban J connectivity index is 1.40. The average molecular weight is 379 g/mol. The zero-order valence-corrected chi connectivity index (χ0v) is 17.1. The minimum Gasteiger partial charge on any atom is -0.335 e. The minimum atomic E-state index is -0.118. The third-order valence-corrected chi connectivity index (χ3v) is 7.97. The molecule has 5 heteroatoms. The summed E-state index contributed by atoms with van der Waals surface area (Å²) in [5, 5.41) is 6.10. The fourth-order valence-corrected chi connectivity index (χ4v) is 5.80. The van der Waals surface area contributed by atoms with E-state index in [4.69, 9.17) is 9.97 Å². The molecular formula is C23H30N4O. The smallest absolute Gasteiger partial charge is 0.319 e. The van der Waals surface area contributed by atoms with Gasteiger partial charge in [-0.2, -0.15) is 0 Å². The maximum Gasteiger partial charge on any atom is 0.319 e. The molecule has 5 nitrogen and oxygen atoms in total. The maximum atomic E-state index is 12.4. The van der Waals surface area contributed by atoms with Crippen LogP contribution in [0, 0.1) is 5.41 Å². The first-order chi connectivity index (χ1) is 13.4. The Morgan fingerprint density at radius 3 is 2.61 bits per heavy atom. The van der Waals surface area contributed by atoms with Crippen LogP contribution in [0.15, 0.2) is 18.2 Å². The van der Waals surface area contributed by atoms with Crippen molar-refractivity contribution in [2.45, 2.75) is 83.1 Å². The van der Waals surface area contributed by atoms with Gasteiger partial charge in [0.2, 0.25) is 0 Å². The van der Waals surface area contributed by atoms with Crippen LogP contribution in [0.25, 0.3) is 11.0 Å². The highest BCUT2D eigenvalue weighted by atomic mass is 16.2. The Labute approximate surface area is 166 Å². The molecule has 1 heterocycles. The first kappa shape index (κ1) is 17.9. The molecule has 0 saturated heterocycles. The van der Waals surface area contributed by atoms with Crippen LogP contribution in [-0.2, 0) is 5.41 Å². The summed E-state index contributed by atoms with van der Waals surface area (Å²) >= 11 is 0. The van der Waals surface area contributed by atoms with Crippen LogP contribution in [0.5, 0.6) is 0 Å². The molecule has 2 bridgehead atoms. The number of benzene rings is 1. The number of rotatable bonds is 2. The molecule has 1 aromatic heterocycles. The minimum absolute atomic E-state index is 0.116. The summed E-state index contributed by atoms with van der Waals surface area (Å²) in [6, 6.07) is 6.07. The molecule has 0 radical (unpaired) electrons. The van der Waals surface area contributed by atoms with E-state index in [-0.39, 0.29) is 16.9 Å². The second-order valence-electron chi connectivity index (χ2n) is 9.74. The molecule has 0 spiro atoms. The molecule has 5 rings (SSSR count). The number of fused-ring (bicyclic) bond motifs is 6. The van der Waals surface area contributed by atoms with Gasteiger partial charge in [-0.25, -0.2) is 14.8 Å². The van der Waals surface area contributed by atoms with Gasteiger partial charge in [-0.3, -0.25) is 0 Å². The van der Waals surface area contributed by atoms with Crippen molar-refractivity contribution in [2.75, 3.05) is 5.32 Å². The van der Waals surface area contributed by atoms with Gasteiger partial charge in [-0.1, -0.05) is 40.0 Å². The van der Waals surface area contributed by atoms with E-state index >= 15 is 0 Å². The number of urea groups is 1. The van der Waals surface area contributed by atoms with Crippen LogP contribution in [0.3, 0.4) is 0 Å². The van der Waals surface area contributed by atoms with Gasteiger partial charge in [0.05, 0.1) is 22.4 Å². The molecule has 1 aromatic carbocycles. The highest BCUT2D eigenvalue weighted by molar-refractivity contribution is 5.92. The summed E-state index contributed by atoms with van der Waals surface area (Å²) in [5.41, 5.74) is 5.26. The van der Waals surface area contributed by atoms with Crippen LogP contribution >= 0.6 is 0 Å². The monoisotopic (exact) mass is 378 g/mol. The number of nitrogens with zero attached hydrogens (tertiary/aromatic N) is 2. The Morgan fingerprint density at radius 1 is 1.04 bits per heavy atom. The molecular weight excluding hydrogens is 348 g/mol. The molecule has 2 fully saturated rings. The number of nitrogens with one attached hydrogen (secondary N) is 2. The van der Waals surface area contributed by atoms with Gasteiger partial charge in [0, 0.05) is 23.1 Å². The van der Waals surface area contributed by atoms with E-state index in [1.165, 1.54) is 43.5 Å². The lowest BCUT2D eigenvalue weighted by Gasteiger charge is -2.34. The lowest BCUT2D eigenvalue weighted by Crippen LogP contribution is -2.39. The van der Waals surface area contributed by atoms with Gasteiger partial charge in [0.25, 0.3) is 0 Å². The zero-order valence-electron chi connectivity index (χ0n) is 17.1. The topological polar surface area (TPSA) is 66.9 Å². The number of hydrogen-bond acceptors (Lipinski definition) is 3. The van der Waals surface area contributed by atoms with E-state index in [0.29, 0.717) is 12.0 Å². The average Bonchev–Trinajstić information content (AvgIpc) is 2.99. The molecule has 2 amide bonds. The Bertz CT molecular complexity index is 947. The molecule has 2 aromatic rings. The van der Waals surface area contributed by atoms with Crippen LogP contribution in [0.2, 0.25) is 0 Å². The Kier molecular flexibility index (Phi) is 3.94. The predicted molar refractivity (Wildman–Crippen MR) is 112 cm³/mol. The molecule has 2 N–H and O–H groups in total. The van der Waals surface area contributed by atoms with Gasteiger partial charge in [-0.15, -0.1) is 0 Å². The number of carbonyl (C=O) groups excluding carboxylic acids is 1. The Hall–Kier alpha value is -2.17. The fourth-order valence-electron chi connectivity index (χ4n) is 5.80. The standard InChI is InChI=1S/C23H30N4O/c1-22(2)16-11-12-23(22,3)20-19(16)26-18-13-15(9-10-17(18)27-20)25-21(28)24-14-7-5-4-6-8-14/h9-10,13-14,16H,4-8,11-12H2,1-3H3,(H2,24,25,28). The number of carbonyl (C=O) groups is 1.